The summed E-state index contributed by atoms with van der Waals surface area (Å²) in [5.41, 5.74) is 3.59. The van der Waals surface area contributed by atoms with Crippen molar-refractivity contribution in [3.8, 4) is 11.5 Å². The summed E-state index contributed by atoms with van der Waals surface area (Å²) >= 11 is 0. The van der Waals surface area contributed by atoms with Gasteiger partial charge in [0.05, 0.1) is 30.9 Å². The molecule has 4 aromatic rings. The minimum atomic E-state index is 0.777. The van der Waals surface area contributed by atoms with Crippen molar-refractivity contribution in [2.75, 3.05) is 19.5 Å². The van der Waals surface area contributed by atoms with Gasteiger partial charge in [0.2, 0.25) is 0 Å². The van der Waals surface area contributed by atoms with Crippen LogP contribution in [0.3, 0.4) is 0 Å². The first-order valence-electron chi connectivity index (χ1n) is 7.91. The first-order chi connectivity index (χ1) is 12.3. The topological polar surface area (TPSA) is 56.3 Å². The highest BCUT2D eigenvalue weighted by Crippen LogP contribution is 2.33. The summed E-state index contributed by atoms with van der Waals surface area (Å²) in [6.45, 7) is 0. The quantitative estimate of drug-likeness (QED) is 0.595. The maximum atomic E-state index is 5.42. The van der Waals surface area contributed by atoms with Crippen LogP contribution in [0.5, 0.6) is 11.5 Å². The van der Waals surface area contributed by atoms with Crippen LogP contribution >= 0.6 is 0 Å². The Hall–Kier alpha value is -3.34. The molecule has 4 rings (SSSR count). The predicted octanol–water partition coefficient (Wildman–Crippen LogP) is 4.54. The maximum absolute atomic E-state index is 5.42. The third kappa shape index (κ3) is 2.80. The van der Waals surface area contributed by atoms with E-state index in [-0.39, 0.29) is 0 Å². The van der Waals surface area contributed by atoms with Crippen molar-refractivity contribution in [2.24, 2.45) is 0 Å². The number of benzene rings is 2. The lowest BCUT2D eigenvalue weighted by atomic mass is 10.1. The Morgan fingerprint density at radius 2 is 1.68 bits per heavy atom. The van der Waals surface area contributed by atoms with E-state index in [4.69, 9.17) is 9.47 Å². The van der Waals surface area contributed by atoms with E-state index in [0.29, 0.717) is 0 Å². The van der Waals surface area contributed by atoms with Crippen molar-refractivity contribution in [1.82, 2.24) is 9.97 Å². The van der Waals surface area contributed by atoms with E-state index in [1.165, 1.54) is 0 Å². The molecule has 0 amide bonds. The van der Waals surface area contributed by atoms with Crippen molar-refractivity contribution in [2.45, 2.75) is 0 Å². The molecule has 1 N–H and O–H groups in total. The van der Waals surface area contributed by atoms with Gasteiger partial charge in [0.15, 0.2) is 0 Å². The second-order valence-electron chi connectivity index (χ2n) is 5.62. The number of ether oxygens (including phenoxy) is 2. The molecule has 0 fully saturated rings. The normalized spacial score (nSPS) is 10.8. The van der Waals surface area contributed by atoms with Crippen LogP contribution in [-0.2, 0) is 0 Å². The summed E-state index contributed by atoms with van der Waals surface area (Å²) in [6.07, 6.45) is 3.57. The van der Waals surface area contributed by atoms with E-state index in [1.807, 2.05) is 48.5 Å². The Morgan fingerprint density at radius 1 is 0.800 bits per heavy atom. The highest BCUT2D eigenvalue weighted by Gasteiger charge is 2.09. The molecule has 0 saturated heterocycles. The highest BCUT2D eigenvalue weighted by atomic mass is 16.5. The zero-order valence-corrected chi connectivity index (χ0v) is 14.0. The fraction of sp³-hybridized carbons (Fsp3) is 0.100. The van der Waals surface area contributed by atoms with Gasteiger partial charge in [-0.25, -0.2) is 0 Å². The van der Waals surface area contributed by atoms with E-state index in [0.717, 1.165) is 44.7 Å². The number of rotatable bonds is 4. The van der Waals surface area contributed by atoms with Gasteiger partial charge in [0.25, 0.3) is 0 Å². The van der Waals surface area contributed by atoms with Crippen LogP contribution in [0, 0.1) is 0 Å². The number of methoxy groups -OCH3 is 2. The molecule has 0 aliphatic rings. The highest BCUT2D eigenvalue weighted by molar-refractivity contribution is 5.99. The monoisotopic (exact) mass is 331 g/mol. The third-order valence-corrected chi connectivity index (χ3v) is 4.13. The minimum absolute atomic E-state index is 0.777. The summed E-state index contributed by atoms with van der Waals surface area (Å²) in [5, 5.41) is 5.47. The molecule has 0 spiro atoms. The van der Waals surface area contributed by atoms with Crippen molar-refractivity contribution in [1.29, 1.82) is 0 Å². The Kier molecular flexibility index (Phi) is 3.82. The SMILES string of the molecule is COc1cc(Nc2ccnc3ccc(OC)cc23)c2ncccc2c1. The van der Waals surface area contributed by atoms with Crippen molar-refractivity contribution in [3.05, 3.63) is 60.9 Å². The van der Waals surface area contributed by atoms with Crippen molar-refractivity contribution < 1.29 is 9.47 Å². The molecule has 0 unspecified atom stereocenters. The molecule has 0 atom stereocenters. The second kappa shape index (κ2) is 6.28. The van der Waals surface area contributed by atoms with Gasteiger partial charge in [0.1, 0.15) is 11.5 Å². The van der Waals surface area contributed by atoms with Crippen LogP contribution in [0.2, 0.25) is 0 Å². The van der Waals surface area contributed by atoms with Gasteiger partial charge < -0.3 is 14.8 Å². The number of fused-ring (bicyclic) bond motifs is 2. The molecular weight excluding hydrogens is 314 g/mol. The Morgan fingerprint density at radius 3 is 2.52 bits per heavy atom. The van der Waals surface area contributed by atoms with E-state index < -0.39 is 0 Å². The Balaban J connectivity index is 1.88. The zero-order valence-electron chi connectivity index (χ0n) is 14.0. The Bertz CT molecular complexity index is 1060. The average molecular weight is 331 g/mol. The largest absolute Gasteiger partial charge is 0.497 e. The van der Waals surface area contributed by atoms with E-state index in [1.54, 1.807) is 26.6 Å². The van der Waals surface area contributed by atoms with Gasteiger partial charge in [-0.15, -0.1) is 0 Å². The van der Waals surface area contributed by atoms with Crippen molar-refractivity contribution >= 4 is 33.2 Å². The molecule has 0 bridgehead atoms. The molecule has 0 aliphatic heterocycles. The van der Waals surface area contributed by atoms with Gasteiger partial charge >= 0.3 is 0 Å². The van der Waals surface area contributed by atoms with Crippen LogP contribution in [0.4, 0.5) is 11.4 Å². The van der Waals surface area contributed by atoms with Gasteiger partial charge in [-0.2, -0.15) is 0 Å². The number of nitrogens with zero attached hydrogens (tertiary/aromatic N) is 2. The number of aromatic nitrogens is 2. The molecule has 0 radical (unpaired) electrons. The zero-order chi connectivity index (χ0) is 17.2. The first-order valence-corrected chi connectivity index (χ1v) is 7.91. The number of pyridine rings is 2. The van der Waals surface area contributed by atoms with E-state index in [2.05, 4.69) is 15.3 Å². The average Bonchev–Trinajstić information content (AvgIpc) is 2.67. The van der Waals surface area contributed by atoms with Crippen LogP contribution in [0.1, 0.15) is 0 Å². The number of nitrogens with one attached hydrogen (secondary N) is 1. The Labute approximate surface area is 145 Å². The molecule has 25 heavy (non-hydrogen) atoms. The molecule has 2 aromatic heterocycles. The number of anilines is 2. The summed E-state index contributed by atoms with van der Waals surface area (Å²) in [4.78, 5) is 8.93. The molecule has 5 nitrogen and oxygen atoms in total. The lowest BCUT2D eigenvalue weighted by Crippen LogP contribution is -1.96. The van der Waals surface area contributed by atoms with Crippen LogP contribution in [0.25, 0.3) is 21.8 Å². The summed E-state index contributed by atoms with van der Waals surface area (Å²) in [7, 11) is 3.32. The van der Waals surface area contributed by atoms with Gasteiger partial charge in [-0.1, -0.05) is 6.07 Å². The molecule has 0 saturated carbocycles. The van der Waals surface area contributed by atoms with E-state index in [9.17, 15) is 0 Å². The molecule has 124 valence electrons. The summed E-state index contributed by atoms with van der Waals surface area (Å²) < 4.78 is 10.8. The fourth-order valence-corrected chi connectivity index (χ4v) is 2.88. The molecular formula is C20H17N3O2. The van der Waals surface area contributed by atoms with Crippen LogP contribution in [0.15, 0.2) is 60.9 Å². The number of hydrogen-bond donors (Lipinski definition) is 1. The lowest BCUT2D eigenvalue weighted by molar-refractivity contribution is 0.415. The lowest BCUT2D eigenvalue weighted by Gasteiger charge is -2.13. The first kappa shape index (κ1) is 15.2. The van der Waals surface area contributed by atoms with Gasteiger partial charge in [0, 0.05) is 34.9 Å². The summed E-state index contributed by atoms with van der Waals surface area (Å²) in [6, 6.07) is 15.6. The third-order valence-electron chi connectivity index (χ3n) is 4.13. The minimum Gasteiger partial charge on any atom is -0.497 e. The molecule has 2 aromatic carbocycles. The van der Waals surface area contributed by atoms with Gasteiger partial charge in [-0.3, -0.25) is 9.97 Å². The molecule has 2 heterocycles. The number of hydrogen-bond acceptors (Lipinski definition) is 5. The predicted molar refractivity (Wildman–Crippen MR) is 99.9 cm³/mol. The molecule has 0 aliphatic carbocycles. The van der Waals surface area contributed by atoms with E-state index >= 15 is 0 Å². The van der Waals surface area contributed by atoms with Crippen LogP contribution < -0.4 is 14.8 Å². The van der Waals surface area contributed by atoms with Crippen LogP contribution in [-0.4, -0.2) is 24.2 Å². The maximum Gasteiger partial charge on any atom is 0.121 e. The smallest absolute Gasteiger partial charge is 0.121 e. The fourth-order valence-electron chi connectivity index (χ4n) is 2.88. The second-order valence-corrected chi connectivity index (χ2v) is 5.62. The summed E-state index contributed by atoms with van der Waals surface area (Å²) in [5.74, 6) is 1.57. The standard InChI is InChI=1S/C20H17N3O2/c1-24-14-5-6-17-16(11-14)18(7-9-21-17)23-19-12-15(25-2)10-13-4-3-8-22-20(13)19/h3-12H,1-2H3,(H,21,23). The van der Waals surface area contributed by atoms with Gasteiger partial charge in [-0.05, 0) is 36.4 Å². The molecule has 5 heteroatoms. The van der Waals surface area contributed by atoms with Crippen molar-refractivity contribution in [3.63, 3.8) is 0 Å².